The molecule has 0 spiro atoms. The van der Waals surface area contributed by atoms with E-state index >= 15 is 0 Å². The number of ether oxygens (including phenoxy) is 1. The molecular formula is C13H18BrNO4S. The maximum Gasteiger partial charge on any atom is 0.338 e. The molecule has 0 N–H and O–H groups in total. The molecule has 0 saturated heterocycles. The number of hydrogen-bond acceptors (Lipinski definition) is 4. The Hall–Kier alpha value is -0.920. The van der Waals surface area contributed by atoms with Crippen molar-refractivity contribution in [3.8, 4) is 0 Å². The van der Waals surface area contributed by atoms with Crippen LogP contribution in [0.25, 0.3) is 0 Å². The number of sulfonamides is 1. The molecule has 112 valence electrons. The summed E-state index contributed by atoms with van der Waals surface area (Å²) in [4.78, 5) is 11.9. The molecular weight excluding hydrogens is 346 g/mol. The van der Waals surface area contributed by atoms with Crippen LogP contribution in [0.5, 0.6) is 0 Å². The van der Waals surface area contributed by atoms with Gasteiger partial charge < -0.3 is 4.74 Å². The fourth-order valence-corrected chi connectivity index (χ4v) is 3.74. The van der Waals surface area contributed by atoms with E-state index in [1.54, 1.807) is 6.07 Å². The summed E-state index contributed by atoms with van der Waals surface area (Å²) in [5.74, 6) is -0.531. The first-order chi connectivity index (χ1) is 9.25. The van der Waals surface area contributed by atoms with E-state index in [1.165, 1.54) is 27.3 Å². The van der Waals surface area contributed by atoms with Crippen LogP contribution in [0.4, 0.5) is 0 Å². The van der Waals surface area contributed by atoms with Gasteiger partial charge in [-0.3, -0.25) is 0 Å². The summed E-state index contributed by atoms with van der Waals surface area (Å²) >= 11 is 3.27. The Morgan fingerprint density at radius 2 is 1.95 bits per heavy atom. The summed E-state index contributed by atoms with van der Waals surface area (Å²) < 4.78 is 30.7. The van der Waals surface area contributed by atoms with Crippen molar-refractivity contribution in [1.82, 2.24) is 4.31 Å². The zero-order valence-corrected chi connectivity index (χ0v) is 14.3. The van der Waals surface area contributed by atoms with Crippen LogP contribution in [0, 0.1) is 0 Å². The second kappa shape index (κ2) is 6.69. The second-order valence-corrected chi connectivity index (χ2v) is 7.44. The lowest BCUT2D eigenvalue weighted by Gasteiger charge is -2.16. The van der Waals surface area contributed by atoms with Crippen LogP contribution in [-0.4, -0.2) is 39.9 Å². The lowest BCUT2D eigenvalue weighted by molar-refractivity contribution is 0.0599. The normalized spacial score (nSPS) is 11.7. The summed E-state index contributed by atoms with van der Waals surface area (Å²) in [6, 6.07) is 3.04. The zero-order chi connectivity index (χ0) is 15.5. The van der Waals surface area contributed by atoms with E-state index in [0.717, 1.165) is 16.3 Å². The van der Waals surface area contributed by atoms with Crippen LogP contribution in [0.15, 0.2) is 21.5 Å². The molecule has 0 radical (unpaired) electrons. The maximum atomic E-state index is 12.2. The lowest BCUT2D eigenvalue weighted by atomic mass is 10.0. The SMILES string of the molecule is CCCc1cc(Br)c(S(=O)(=O)N(C)C)cc1C(=O)OC. The minimum atomic E-state index is -3.62. The number of carbonyl (C=O) groups is 1. The van der Waals surface area contributed by atoms with Crippen molar-refractivity contribution in [2.45, 2.75) is 24.7 Å². The maximum absolute atomic E-state index is 12.2. The van der Waals surface area contributed by atoms with Crippen molar-refractivity contribution in [3.63, 3.8) is 0 Å². The molecule has 7 heteroatoms. The predicted molar refractivity (Wildman–Crippen MR) is 80.3 cm³/mol. The Morgan fingerprint density at radius 1 is 1.35 bits per heavy atom. The predicted octanol–water partition coefficient (Wildman–Crippen LogP) is 2.44. The first-order valence-electron chi connectivity index (χ1n) is 6.09. The first-order valence-corrected chi connectivity index (χ1v) is 8.32. The van der Waals surface area contributed by atoms with Gasteiger partial charge in [0.2, 0.25) is 10.0 Å². The van der Waals surface area contributed by atoms with Gasteiger partial charge in [0, 0.05) is 18.6 Å². The molecule has 0 aliphatic heterocycles. The molecule has 1 aromatic carbocycles. The van der Waals surface area contributed by atoms with Crippen LogP contribution in [0.3, 0.4) is 0 Å². The van der Waals surface area contributed by atoms with Crippen molar-refractivity contribution in [3.05, 3.63) is 27.7 Å². The van der Waals surface area contributed by atoms with Crippen LogP contribution in [0.1, 0.15) is 29.3 Å². The van der Waals surface area contributed by atoms with Crippen molar-refractivity contribution in [1.29, 1.82) is 0 Å². The Morgan fingerprint density at radius 3 is 2.40 bits per heavy atom. The molecule has 20 heavy (non-hydrogen) atoms. The van der Waals surface area contributed by atoms with E-state index in [-0.39, 0.29) is 10.5 Å². The monoisotopic (exact) mass is 363 g/mol. The number of rotatable bonds is 5. The highest BCUT2D eigenvalue weighted by atomic mass is 79.9. The molecule has 0 bridgehead atoms. The summed E-state index contributed by atoms with van der Waals surface area (Å²) in [6.45, 7) is 1.99. The number of carbonyl (C=O) groups excluding carboxylic acids is 1. The quantitative estimate of drug-likeness (QED) is 0.753. The van der Waals surface area contributed by atoms with E-state index < -0.39 is 16.0 Å². The van der Waals surface area contributed by atoms with Crippen LogP contribution in [-0.2, 0) is 21.2 Å². The molecule has 0 heterocycles. The Kier molecular flexibility index (Phi) is 5.73. The number of benzene rings is 1. The third-order valence-electron chi connectivity index (χ3n) is 2.84. The third kappa shape index (κ3) is 3.39. The van der Waals surface area contributed by atoms with Gasteiger partial charge >= 0.3 is 5.97 Å². The molecule has 0 amide bonds. The first kappa shape index (κ1) is 17.1. The zero-order valence-electron chi connectivity index (χ0n) is 11.9. The second-order valence-electron chi connectivity index (χ2n) is 4.47. The molecule has 0 aliphatic rings. The fraction of sp³-hybridized carbons (Fsp3) is 0.462. The van der Waals surface area contributed by atoms with E-state index in [4.69, 9.17) is 4.74 Å². The highest BCUT2D eigenvalue weighted by Crippen LogP contribution is 2.29. The molecule has 0 aliphatic carbocycles. The largest absolute Gasteiger partial charge is 0.465 e. The molecule has 1 rings (SSSR count). The van der Waals surface area contributed by atoms with Crippen molar-refractivity contribution in [2.75, 3.05) is 21.2 Å². The lowest BCUT2D eigenvalue weighted by Crippen LogP contribution is -2.23. The van der Waals surface area contributed by atoms with Gasteiger partial charge in [0.15, 0.2) is 0 Å². The minimum absolute atomic E-state index is 0.0581. The average molecular weight is 364 g/mol. The summed E-state index contributed by atoms with van der Waals surface area (Å²) in [7, 11) is 0.541. The summed E-state index contributed by atoms with van der Waals surface area (Å²) in [5.41, 5.74) is 1.06. The van der Waals surface area contributed by atoms with Gasteiger partial charge in [0.25, 0.3) is 0 Å². The standard InChI is InChI=1S/C13H18BrNO4S/c1-5-6-9-7-11(14)12(20(17,18)15(2)3)8-10(9)13(16)19-4/h7-8H,5-6H2,1-4H3. The number of nitrogens with zero attached hydrogens (tertiary/aromatic N) is 1. The van der Waals surface area contributed by atoms with Crippen molar-refractivity contribution < 1.29 is 17.9 Å². The molecule has 1 aromatic rings. The van der Waals surface area contributed by atoms with E-state index in [2.05, 4.69) is 15.9 Å². The smallest absolute Gasteiger partial charge is 0.338 e. The Labute approximate surface area is 128 Å². The van der Waals surface area contributed by atoms with E-state index in [1.807, 2.05) is 6.92 Å². The molecule has 0 unspecified atom stereocenters. The van der Waals surface area contributed by atoms with Gasteiger partial charge in [-0.05, 0) is 40.0 Å². The number of halogens is 1. The highest BCUT2D eigenvalue weighted by molar-refractivity contribution is 9.10. The van der Waals surface area contributed by atoms with E-state index in [9.17, 15) is 13.2 Å². The van der Waals surface area contributed by atoms with Crippen LogP contribution >= 0.6 is 15.9 Å². The number of esters is 1. The molecule has 0 saturated carbocycles. The Balaban J connectivity index is 3.55. The molecule has 5 nitrogen and oxygen atoms in total. The highest BCUT2D eigenvalue weighted by Gasteiger charge is 2.24. The summed E-state index contributed by atoms with van der Waals surface area (Å²) in [6.07, 6.45) is 1.52. The average Bonchev–Trinajstić information content (AvgIpc) is 2.38. The van der Waals surface area contributed by atoms with Gasteiger partial charge in [0.1, 0.15) is 0 Å². The van der Waals surface area contributed by atoms with Gasteiger partial charge in [0.05, 0.1) is 17.6 Å². The van der Waals surface area contributed by atoms with Crippen LogP contribution in [0.2, 0.25) is 0 Å². The van der Waals surface area contributed by atoms with Gasteiger partial charge in [-0.1, -0.05) is 13.3 Å². The van der Waals surface area contributed by atoms with Crippen LogP contribution < -0.4 is 0 Å². The minimum Gasteiger partial charge on any atom is -0.465 e. The topological polar surface area (TPSA) is 63.7 Å². The van der Waals surface area contributed by atoms with Gasteiger partial charge in [-0.2, -0.15) is 0 Å². The summed E-state index contributed by atoms with van der Waals surface area (Å²) in [5, 5.41) is 0. The number of methoxy groups -OCH3 is 1. The molecule has 0 aromatic heterocycles. The fourth-order valence-electron chi connectivity index (χ4n) is 1.77. The van der Waals surface area contributed by atoms with Gasteiger partial charge in [-0.15, -0.1) is 0 Å². The van der Waals surface area contributed by atoms with Crippen molar-refractivity contribution in [2.24, 2.45) is 0 Å². The molecule has 0 fully saturated rings. The number of hydrogen-bond donors (Lipinski definition) is 0. The van der Waals surface area contributed by atoms with Crippen molar-refractivity contribution >= 4 is 31.9 Å². The van der Waals surface area contributed by atoms with Gasteiger partial charge in [-0.25, -0.2) is 17.5 Å². The van der Waals surface area contributed by atoms with E-state index in [0.29, 0.717) is 10.9 Å². The third-order valence-corrected chi connectivity index (χ3v) is 5.61. The molecule has 0 atom stereocenters. The Bertz CT molecular complexity index is 611. The number of aryl methyl sites for hydroxylation is 1.